The van der Waals surface area contributed by atoms with E-state index in [2.05, 4.69) is 85.8 Å². The molecule has 0 saturated heterocycles. The molecule has 1 unspecified atom stereocenters. The SMILES string of the molecule is CC(C)OC1(SC2=[C-]CC=C2)CC=C(C(C)(C)C)C=C1C(C)(C)C.[Cl-].[Cl-].[Ti+3]. The van der Waals surface area contributed by atoms with Crippen molar-refractivity contribution in [2.24, 2.45) is 10.8 Å². The first-order chi connectivity index (χ1) is 10.9. The number of allylic oxidation sites excluding steroid dienone is 5. The second-order valence-electron chi connectivity index (χ2n) is 9.09. The zero-order valence-electron chi connectivity index (χ0n) is 17.9. The Labute approximate surface area is 198 Å². The van der Waals surface area contributed by atoms with Crippen LogP contribution < -0.4 is 24.8 Å². The minimum atomic E-state index is -0.335. The summed E-state index contributed by atoms with van der Waals surface area (Å²) in [5.74, 6) is 0. The zero-order valence-corrected chi connectivity index (χ0v) is 21.8. The van der Waals surface area contributed by atoms with Crippen LogP contribution in [0.2, 0.25) is 0 Å². The van der Waals surface area contributed by atoms with Gasteiger partial charge in [-0.05, 0) is 35.8 Å². The van der Waals surface area contributed by atoms with Crippen molar-refractivity contribution in [2.75, 3.05) is 0 Å². The fourth-order valence-corrected chi connectivity index (χ4v) is 4.79. The van der Waals surface area contributed by atoms with Crippen molar-refractivity contribution < 1.29 is 51.3 Å². The second-order valence-corrected chi connectivity index (χ2v) is 10.4. The van der Waals surface area contributed by atoms with Crippen LogP contribution in [0.5, 0.6) is 0 Å². The van der Waals surface area contributed by atoms with Crippen molar-refractivity contribution in [3.63, 3.8) is 0 Å². The average Bonchev–Trinajstić information content (AvgIpc) is 2.88. The number of ether oxygens (including phenoxy) is 1. The van der Waals surface area contributed by atoms with Gasteiger partial charge in [0.2, 0.25) is 0 Å². The van der Waals surface area contributed by atoms with E-state index in [0.29, 0.717) is 0 Å². The number of hydrogen-bond acceptors (Lipinski definition) is 2. The molecule has 0 saturated carbocycles. The van der Waals surface area contributed by atoms with Crippen molar-refractivity contribution in [1.29, 1.82) is 0 Å². The van der Waals surface area contributed by atoms with Gasteiger partial charge in [0.1, 0.15) is 4.93 Å². The summed E-state index contributed by atoms with van der Waals surface area (Å²) in [5, 5.41) is 0. The summed E-state index contributed by atoms with van der Waals surface area (Å²) in [5.41, 5.74) is 3.01. The molecule has 0 aromatic rings. The number of hydrogen-bond donors (Lipinski definition) is 0. The molecule has 0 aromatic carbocycles. The smallest absolute Gasteiger partial charge is 1.00 e. The van der Waals surface area contributed by atoms with E-state index in [1.807, 2.05) is 11.8 Å². The van der Waals surface area contributed by atoms with Crippen LogP contribution in [0.25, 0.3) is 0 Å². The fraction of sp³-hybridized carbons (Fsp3) is 0.636. The first-order valence-electron chi connectivity index (χ1n) is 9.01. The summed E-state index contributed by atoms with van der Waals surface area (Å²) in [6.45, 7) is 18.0. The van der Waals surface area contributed by atoms with E-state index < -0.39 is 0 Å². The van der Waals surface area contributed by atoms with E-state index in [-0.39, 0.29) is 68.4 Å². The summed E-state index contributed by atoms with van der Waals surface area (Å²) in [6, 6.07) is 0. The molecule has 1 atom stereocenters. The normalized spacial score (nSPS) is 22.2. The quantitative estimate of drug-likeness (QED) is 0.347. The van der Waals surface area contributed by atoms with Crippen LogP contribution in [0.15, 0.2) is 40.4 Å². The standard InChI is InChI=1S/C22H33OS.2ClH.Ti/c1-16(2)23-22(24-18-11-9-10-12-18)14-13-17(20(3,4)5)15-19(22)21(6,7)8;;;/h9,11,13,15-16H,10,14H2,1-8H3;2*1H;/q-1;;;+3/p-2. The molecule has 0 N–H and O–H groups in total. The van der Waals surface area contributed by atoms with Gasteiger partial charge in [-0.1, -0.05) is 53.7 Å². The van der Waals surface area contributed by atoms with Crippen molar-refractivity contribution >= 4 is 11.8 Å². The molecule has 2 aliphatic rings. The van der Waals surface area contributed by atoms with Crippen LogP contribution in [0.3, 0.4) is 0 Å². The minimum Gasteiger partial charge on any atom is -1.00 e. The van der Waals surface area contributed by atoms with Crippen molar-refractivity contribution in [3.8, 4) is 0 Å². The Morgan fingerprint density at radius 2 is 1.67 bits per heavy atom. The molecule has 2 rings (SSSR count). The largest absolute Gasteiger partial charge is 3.00 e. The number of halogens is 2. The molecule has 0 heterocycles. The monoisotopic (exact) mass is 463 g/mol. The second kappa shape index (κ2) is 11.1. The van der Waals surface area contributed by atoms with E-state index in [9.17, 15) is 0 Å². The van der Waals surface area contributed by atoms with Gasteiger partial charge in [-0.2, -0.15) is 11.0 Å². The van der Waals surface area contributed by atoms with Gasteiger partial charge in [0.15, 0.2) is 0 Å². The van der Waals surface area contributed by atoms with Crippen LogP contribution >= 0.6 is 11.8 Å². The maximum atomic E-state index is 6.60. The van der Waals surface area contributed by atoms with Crippen LogP contribution in [0.4, 0.5) is 0 Å². The molecule has 5 heteroatoms. The summed E-state index contributed by atoms with van der Waals surface area (Å²) in [6.07, 6.45) is 14.6. The van der Waals surface area contributed by atoms with Crippen molar-refractivity contribution in [3.05, 3.63) is 46.4 Å². The summed E-state index contributed by atoms with van der Waals surface area (Å²) in [4.78, 5) is 0.872. The molecule has 0 spiro atoms. The van der Waals surface area contributed by atoms with E-state index in [0.717, 1.165) is 12.8 Å². The number of thioether (sulfide) groups is 1. The molecule has 0 amide bonds. The van der Waals surface area contributed by atoms with E-state index in [1.165, 1.54) is 16.1 Å². The summed E-state index contributed by atoms with van der Waals surface area (Å²) >= 11 is 1.84. The zero-order chi connectivity index (χ0) is 18.2. The first-order valence-corrected chi connectivity index (χ1v) is 9.83. The Kier molecular flexibility index (Phi) is 12.2. The Bertz CT molecular complexity index is 607. The number of rotatable bonds is 4. The van der Waals surface area contributed by atoms with Crippen LogP contribution in [0, 0.1) is 16.9 Å². The Hall–Kier alpha value is 0.564. The molecule has 0 aliphatic heterocycles. The molecule has 0 aromatic heterocycles. The molecule has 0 fully saturated rings. The molecule has 1 radical (unpaired) electrons. The predicted molar refractivity (Wildman–Crippen MR) is 107 cm³/mol. The van der Waals surface area contributed by atoms with Gasteiger partial charge < -0.3 is 29.6 Å². The van der Waals surface area contributed by atoms with Crippen LogP contribution in [-0.2, 0) is 26.5 Å². The third-order valence-corrected chi connectivity index (χ3v) is 5.65. The first kappa shape index (κ1) is 29.8. The van der Waals surface area contributed by atoms with E-state index in [4.69, 9.17) is 4.74 Å². The van der Waals surface area contributed by atoms with Crippen LogP contribution in [0.1, 0.15) is 68.2 Å². The maximum Gasteiger partial charge on any atom is 3.00 e. The molecule has 1 nitrogen and oxygen atoms in total. The third kappa shape index (κ3) is 7.72. The minimum absolute atomic E-state index is 0. The van der Waals surface area contributed by atoms with Gasteiger partial charge in [0.25, 0.3) is 0 Å². The predicted octanol–water partition coefficient (Wildman–Crippen LogP) is 0.842. The van der Waals surface area contributed by atoms with E-state index in [1.54, 1.807) is 0 Å². The summed E-state index contributed by atoms with van der Waals surface area (Å²) < 4.78 is 6.60. The van der Waals surface area contributed by atoms with Crippen LogP contribution in [-0.4, -0.2) is 11.0 Å². The molecular weight excluding hydrogens is 431 g/mol. The Morgan fingerprint density at radius 3 is 2.07 bits per heavy atom. The summed E-state index contributed by atoms with van der Waals surface area (Å²) in [7, 11) is 0. The van der Waals surface area contributed by atoms with E-state index >= 15 is 0 Å². The van der Waals surface area contributed by atoms with Gasteiger partial charge in [0, 0.05) is 6.42 Å². The van der Waals surface area contributed by atoms with Gasteiger partial charge in [0.05, 0.1) is 6.10 Å². The Morgan fingerprint density at radius 1 is 1.07 bits per heavy atom. The van der Waals surface area contributed by atoms with Gasteiger partial charge in [-0.15, -0.1) is 18.2 Å². The molecule has 27 heavy (non-hydrogen) atoms. The third-order valence-electron chi connectivity index (χ3n) is 4.34. The molecule has 0 bridgehead atoms. The molecule has 2 aliphatic carbocycles. The van der Waals surface area contributed by atoms with Gasteiger partial charge in [-0.25, -0.2) is 6.08 Å². The van der Waals surface area contributed by atoms with Gasteiger partial charge in [-0.3, -0.25) is 6.08 Å². The Balaban J connectivity index is 0. The van der Waals surface area contributed by atoms with Crippen molar-refractivity contribution in [1.82, 2.24) is 0 Å². The molecular formula is C22H33Cl2OSTi. The van der Waals surface area contributed by atoms with Crippen molar-refractivity contribution in [2.45, 2.75) is 79.3 Å². The average molecular weight is 464 g/mol. The topological polar surface area (TPSA) is 9.23 Å². The van der Waals surface area contributed by atoms with Gasteiger partial charge >= 0.3 is 21.7 Å². The maximum absolute atomic E-state index is 6.60. The molecule has 151 valence electrons. The fourth-order valence-electron chi connectivity index (χ4n) is 3.23.